The molecule has 0 saturated carbocycles. The van der Waals surface area contributed by atoms with Gasteiger partial charge in [0.25, 0.3) is 0 Å². The number of hydrogen-bond acceptors (Lipinski definition) is 2. The first-order chi connectivity index (χ1) is 10.1. The van der Waals surface area contributed by atoms with Crippen molar-refractivity contribution >= 4 is 5.69 Å². The van der Waals surface area contributed by atoms with E-state index in [9.17, 15) is 8.78 Å². The second-order valence-corrected chi connectivity index (χ2v) is 4.97. The Kier molecular flexibility index (Phi) is 5.55. The fourth-order valence-electron chi connectivity index (χ4n) is 2.11. The highest BCUT2D eigenvalue weighted by Gasteiger charge is 2.05. The molecule has 0 amide bonds. The van der Waals surface area contributed by atoms with Gasteiger partial charge < -0.3 is 10.1 Å². The summed E-state index contributed by atoms with van der Waals surface area (Å²) in [5, 5.41) is 3.43. The Labute approximate surface area is 123 Å². The number of rotatable bonds is 7. The van der Waals surface area contributed by atoms with Crippen molar-refractivity contribution in [1.82, 2.24) is 0 Å². The van der Waals surface area contributed by atoms with Gasteiger partial charge in [-0.25, -0.2) is 0 Å². The zero-order valence-corrected chi connectivity index (χ0v) is 11.9. The first-order valence-corrected chi connectivity index (χ1v) is 6.99. The van der Waals surface area contributed by atoms with Gasteiger partial charge in [-0.05, 0) is 49.6 Å². The maximum Gasteiger partial charge on any atom is 0.387 e. The molecule has 0 radical (unpaired) electrons. The molecule has 2 nitrogen and oxygen atoms in total. The van der Waals surface area contributed by atoms with Crippen LogP contribution in [0, 0.1) is 0 Å². The van der Waals surface area contributed by atoms with Crippen LogP contribution >= 0.6 is 0 Å². The summed E-state index contributed by atoms with van der Waals surface area (Å²) in [6, 6.07) is 17.2. The molecule has 1 atom stereocenters. The molecular weight excluding hydrogens is 272 g/mol. The lowest BCUT2D eigenvalue weighted by atomic mass is 10.1. The van der Waals surface area contributed by atoms with Crippen molar-refractivity contribution in [3.05, 3.63) is 60.2 Å². The van der Waals surface area contributed by atoms with E-state index < -0.39 is 6.61 Å². The van der Waals surface area contributed by atoms with Crippen molar-refractivity contribution in [2.75, 3.05) is 5.32 Å². The molecule has 0 bridgehead atoms. The number of benzene rings is 2. The van der Waals surface area contributed by atoms with Crippen molar-refractivity contribution in [3.8, 4) is 5.75 Å². The van der Waals surface area contributed by atoms with Crippen LogP contribution in [0.25, 0.3) is 0 Å². The second-order valence-electron chi connectivity index (χ2n) is 4.97. The van der Waals surface area contributed by atoms with Crippen LogP contribution in [0.2, 0.25) is 0 Å². The van der Waals surface area contributed by atoms with Gasteiger partial charge in [0.15, 0.2) is 0 Å². The number of para-hydroxylation sites is 1. The topological polar surface area (TPSA) is 21.3 Å². The lowest BCUT2D eigenvalue weighted by Gasteiger charge is -2.15. The van der Waals surface area contributed by atoms with Gasteiger partial charge in [-0.2, -0.15) is 8.78 Å². The van der Waals surface area contributed by atoms with Crippen LogP contribution in [-0.4, -0.2) is 12.7 Å². The zero-order valence-electron chi connectivity index (χ0n) is 11.9. The molecule has 2 rings (SSSR count). The molecule has 0 saturated heterocycles. The third-order valence-electron chi connectivity index (χ3n) is 3.20. The number of aryl methyl sites for hydroxylation is 1. The van der Waals surface area contributed by atoms with Gasteiger partial charge in [0, 0.05) is 11.7 Å². The Hall–Kier alpha value is -2.10. The third kappa shape index (κ3) is 5.42. The Bertz CT molecular complexity index is 528. The summed E-state index contributed by atoms with van der Waals surface area (Å²) in [4.78, 5) is 0. The van der Waals surface area contributed by atoms with Gasteiger partial charge in [0.1, 0.15) is 5.75 Å². The highest BCUT2D eigenvalue weighted by Crippen LogP contribution is 2.17. The van der Waals surface area contributed by atoms with E-state index in [1.54, 1.807) is 12.1 Å². The predicted octanol–water partition coefficient (Wildman–Crippen LogP) is 4.72. The van der Waals surface area contributed by atoms with E-state index in [0.717, 1.165) is 24.1 Å². The Balaban J connectivity index is 1.79. The van der Waals surface area contributed by atoms with Crippen LogP contribution in [0.5, 0.6) is 5.75 Å². The van der Waals surface area contributed by atoms with Crippen molar-refractivity contribution in [2.45, 2.75) is 32.4 Å². The molecule has 2 aromatic rings. The number of halogens is 2. The molecule has 0 aliphatic rings. The largest absolute Gasteiger partial charge is 0.435 e. The Morgan fingerprint density at radius 3 is 2.29 bits per heavy atom. The third-order valence-corrected chi connectivity index (χ3v) is 3.20. The number of nitrogens with one attached hydrogen (secondary N) is 1. The molecule has 21 heavy (non-hydrogen) atoms. The molecule has 0 aromatic heterocycles. The lowest BCUT2D eigenvalue weighted by Crippen LogP contribution is -2.15. The van der Waals surface area contributed by atoms with Gasteiger partial charge in [-0.3, -0.25) is 0 Å². The van der Waals surface area contributed by atoms with Crippen LogP contribution in [0.3, 0.4) is 0 Å². The number of alkyl halides is 2. The number of ether oxygens (including phenoxy) is 1. The summed E-state index contributed by atoms with van der Waals surface area (Å²) < 4.78 is 28.4. The maximum absolute atomic E-state index is 12.1. The van der Waals surface area contributed by atoms with E-state index in [2.05, 4.69) is 17.0 Å². The standard InChI is InChI=1S/C17H19F2NO/c1-13(20-15-5-3-2-4-6-15)7-8-14-9-11-16(12-10-14)21-17(18)19/h2-6,9-13,17,20H,7-8H2,1H3. The fraction of sp³-hybridized carbons (Fsp3) is 0.294. The van der Waals surface area contributed by atoms with Gasteiger partial charge in [-0.1, -0.05) is 30.3 Å². The van der Waals surface area contributed by atoms with Crippen molar-refractivity contribution in [3.63, 3.8) is 0 Å². The molecule has 4 heteroatoms. The van der Waals surface area contributed by atoms with Crippen molar-refractivity contribution in [1.29, 1.82) is 0 Å². The molecular formula is C17H19F2NO. The quantitative estimate of drug-likeness (QED) is 0.797. The number of anilines is 1. The molecule has 0 aliphatic heterocycles. The van der Waals surface area contributed by atoms with E-state index in [1.165, 1.54) is 0 Å². The normalized spacial score (nSPS) is 12.2. The fourth-order valence-corrected chi connectivity index (χ4v) is 2.11. The Morgan fingerprint density at radius 1 is 1.00 bits per heavy atom. The summed E-state index contributed by atoms with van der Waals surface area (Å²) in [6.45, 7) is -0.646. The van der Waals surface area contributed by atoms with E-state index in [0.29, 0.717) is 6.04 Å². The first kappa shape index (κ1) is 15.3. The smallest absolute Gasteiger partial charge is 0.387 e. The van der Waals surface area contributed by atoms with E-state index in [-0.39, 0.29) is 5.75 Å². The second kappa shape index (κ2) is 7.62. The van der Waals surface area contributed by atoms with Crippen LogP contribution < -0.4 is 10.1 Å². The van der Waals surface area contributed by atoms with Gasteiger partial charge >= 0.3 is 6.61 Å². The van der Waals surface area contributed by atoms with E-state index in [1.807, 2.05) is 42.5 Å². The molecule has 112 valence electrons. The molecule has 0 aliphatic carbocycles. The molecule has 0 spiro atoms. The van der Waals surface area contributed by atoms with Crippen molar-refractivity contribution in [2.24, 2.45) is 0 Å². The molecule has 0 fully saturated rings. The Morgan fingerprint density at radius 2 is 1.67 bits per heavy atom. The summed E-state index contributed by atoms with van der Waals surface area (Å²) in [5.74, 6) is 0.198. The number of hydrogen-bond donors (Lipinski definition) is 1. The monoisotopic (exact) mass is 291 g/mol. The van der Waals surface area contributed by atoms with Gasteiger partial charge in [0.2, 0.25) is 0 Å². The van der Waals surface area contributed by atoms with Gasteiger partial charge in [0.05, 0.1) is 0 Å². The molecule has 2 aromatic carbocycles. The van der Waals surface area contributed by atoms with Crippen LogP contribution in [0.1, 0.15) is 18.9 Å². The molecule has 1 unspecified atom stereocenters. The first-order valence-electron chi connectivity index (χ1n) is 6.99. The molecule has 1 N–H and O–H groups in total. The summed E-state index contributed by atoms with van der Waals surface area (Å²) in [6.07, 6.45) is 1.85. The SMILES string of the molecule is CC(CCc1ccc(OC(F)F)cc1)Nc1ccccc1. The zero-order chi connectivity index (χ0) is 15.1. The highest BCUT2D eigenvalue weighted by molar-refractivity contribution is 5.43. The van der Waals surface area contributed by atoms with Crippen LogP contribution in [0.4, 0.5) is 14.5 Å². The minimum Gasteiger partial charge on any atom is -0.435 e. The van der Waals surface area contributed by atoms with E-state index >= 15 is 0 Å². The highest BCUT2D eigenvalue weighted by atomic mass is 19.3. The lowest BCUT2D eigenvalue weighted by molar-refractivity contribution is -0.0498. The summed E-state index contributed by atoms with van der Waals surface area (Å²) >= 11 is 0. The summed E-state index contributed by atoms with van der Waals surface area (Å²) in [7, 11) is 0. The summed E-state index contributed by atoms with van der Waals surface area (Å²) in [5.41, 5.74) is 2.21. The minimum absolute atomic E-state index is 0.198. The van der Waals surface area contributed by atoms with Crippen LogP contribution in [-0.2, 0) is 6.42 Å². The minimum atomic E-state index is -2.77. The predicted molar refractivity (Wildman–Crippen MR) is 80.9 cm³/mol. The van der Waals surface area contributed by atoms with Gasteiger partial charge in [-0.15, -0.1) is 0 Å². The van der Waals surface area contributed by atoms with Crippen molar-refractivity contribution < 1.29 is 13.5 Å². The maximum atomic E-state index is 12.1. The average molecular weight is 291 g/mol. The molecule has 0 heterocycles. The van der Waals surface area contributed by atoms with Crippen LogP contribution in [0.15, 0.2) is 54.6 Å². The van der Waals surface area contributed by atoms with E-state index in [4.69, 9.17) is 0 Å². The average Bonchev–Trinajstić information content (AvgIpc) is 2.47.